The predicted octanol–water partition coefficient (Wildman–Crippen LogP) is 2.84. The molecule has 0 saturated carbocycles. The van der Waals surface area contributed by atoms with Crippen LogP contribution in [0.1, 0.15) is 47.8 Å². The van der Waals surface area contributed by atoms with Gasteiger partial charge in [0.25, 0.3) is 0 Å². The van der Waals surface area contributed by atoms with Crippen LogP contribution in [-0.4, -0.2) is 18.0 Å². The molecule has 1 aromatic carbocycles. The van der Waals surface area contributed by atoms with Crippen molar-refractivity contribution >= 4 is 5.78 Å². The highest BCUT2D eigenvalue weighted by Gasteiger charge is 2.35. The highest BCUT2D eigenvalue weighted by Crippen LogP contribution is 2.46. The molecule has 3 heteroatoms. The number of ether oxygens (including phenoxy) is 2. The first-order chi connectivity index (χ1) is 8.49. The molecule has 0 fully saturated rings. The Hall–Kier alpha value is -1.51. The largest absolute Gasteiger partial charge is 0.490 e. The van der Waals surface area contributed by atoms with E-state index in [4.69, 9.17) is 9.47 Å². The molecule has 2 aliphatic heterocycles. The van der Waals surface area contributed by atoms with E-state index in [9.17, 15) is 4.79 Å². The fourth-order valence-corrected chi connectivity index (χ4v) is 3.10. The molecule has 1 aromatic rings. The number of fused-ring (bicyclic) bond motifs is 2. The summed E-state index contributed by atoms with van der Waals surface area (Å²) in [7, 11) is 0. The summed E-state index contributed by atoms with van der Waals surface area (Å²) >= 11 is 0. The van der Waals surface area contributed by atoms with Gasteiger partial charge in [0.1, 0.15) is 23.7 Å². The van der Waals surface area contributed by atoms with Crippen molar-refractivity contribution in [3.8, 4) is 11.5 Å². The first-order valence-corrected chi connectivity index (χ1v) is 6.51. The molecule has 0 N–H and O–H groups in total. The van der Waals surface area contributed by atoms with Gasteiger partial charge in [-0.15, -0.1) is 0 Å². The van der Waals surface area contributed by atoms with Crippen molar-refractivity contribution in [1.29, 1.82) is 0 Å². The molecule has 2 unspecified atom stereocenters. The number of carbonyl (C=O) groups excluding carboxylic acids is 1. The first kappa shape index (κ1) is 11.6. The standard InChI is InChI=1S/C15H18O3/c1-7-5-11-9(3)14-12(6-8(2)17-14)13(10(4)16)15(11)18-7/h7-8H,5-6H2,1-4H3. The van der Waals surface area contributed by atoms with Crippen LogP contribution < -0.4 is 9.47 Å². The molecule has 0 amide bonds. The highest BCUT2D eigenvalue weighted by atomic mass is 16.5. The Morgan fingerprint density at radius 3 is 2.22 bits per heavy atom. The summed E-state index contributed by atoms with van der Waals surface area (Å²) in [5.74, 6) is 1.81. The van der Waals surface area contributed by atoms with E-state index in [1.54, 1.807) is 6.92 Å². The summed E-state index contributed by atoms with van der Waals surface area (Å²) in [5.41, 5.74) is 4.10. The monoisotopic (exact) mass is 246 g/mol. The van der Waals surface area contributed by atoms with E-state index in [-0.39, 0.29) is 18.0 Å². The van der Waals surface area contributed by atoms with E-state index in [1.807, 2.05) is 13.8 Å². The van der Waals surface area contributed by atoms with Crippen LogP contribution in [0.4, 0.5) is 0 Å². The lowest BCUT2D eigenvalue weighted by Crippen LogP contribution is -2.09. The Morgan fingerprint density at radius 1 is 1.06 bits per heavy atom. The summed E-state index contributed by atoms with van der Waals surface area (Å²) < 4.78 is 11.7. The second kappa shape index (κ2) is 3.74. The fraction of sp³-hybridized carbons (Fsp3) is 0.533. The molecular formula is C15H18O3. The zero-order valence-corrected chi connectivity index (χ0v) is 11.3. The van der Waals surface area contributed by atoms with Crippen LogP contribution in [0.5, 0.6) is 11.5 Å². The second-order valence-electron chi connectivity index (χ2n) is 5.44. The van der Waals surface area contributed by atoms with Crippen LogP contribution in [0.3, 0.4) is 0 Å². The van der Waals surface area contributed by atoms with E-state index in [2.05, 4.69) is 6.92 Å². The van der Waals surface area contributed by atoms with Gasteiger partial charge in [0.15, 0.2) is 5.78 Å². The summed E-state index contributed by atoms with van der Waals surface area (Å²) in [6.45, 7) is 7.76. The first-order valence-electron chi connectivity index (χ1n) is 6.51. The minimum absolute atomic E-state index is 0.0781. The van der Waals surface area contributed by atoms with Gasteiger partial charge in [-0.3, -0.25) is 4.79 Å². The molecule has 0 aromatic heterocycles. The number of hydrogen-bond acceptors (Lipinski definition) is 3. The summed E-state index contributed by atoms with van der Waals surface area (Å²) in [5, 5.41) is 0. The van der Waals surface area contributed by atoms with Crippen LogP contribution in [0.15, 0.2) is 0 Å². The van der Waals surface area contributed by atoms with Crippen LogP contribution in [0.25, 0.3) is 0 Å². The van der Waals surface area contributed by atoms with Gasteiger partial charge in [-0.2, -0.15) is 0 Å². The van der Waals surface area contributed by atoms with Crippen molar-refractivity contribution in [3.05, 3.63) is 22.3 Å². The number of benzene rings is 1. The van der Waals surface area contributed by atoms with Crippen molar-refractivity contribution in [3.63, 3.8) is 0 Å². The zero-order chi connectivity index (χ0) is 13.0. The van der Waals surface area contributed by atoms with Crippen LogP contribution in [0, 0.1) is 6.92 Å². The summed E-state index contributed by atoms with van der Waals surface area (Å²) in [6.07, 6.45) is 1.97. The predicted molar refractivity (Wildman–Crippen MR) is 68.8 cm³/mol. The fourth-order valence-electron chi connectivity index (χ4n) is 3.10. The molecule has 0 bridgehead atoms. The van der Waals surface area contributed by atoms with E-state index in [0.717, 1.165) is 46.6 Å². The third-order valence-electron chi connectivity index (χ3n) is 3.84. The van der Waals surface area contributed by atoms with Gasteiger partial charge in [0, 0.05) is 24.0 Å². The van der Waals surface area contributed by atoms with Gasteiger partial charge >= 0.3 is 0 Å². The quantitative estimate of drug-likeness (QED) is 0.715. The van der Waals surface area contributed by atoms with Crippen molar-refractivity contribution in [1.82, 2.24) is 0 Å². The highest BCUT2D eigenvalue weighted by molar-refractivity contribution is 6.00. The maximum Gasteiger partial charge on any atom is 0.163 e. The number of Topliss-reactive ketones (excluding diaryl/α,β-unsaturated/α-hetero) is 1. The Labute approximate surface area is 107 Å². The molecule has 0 spiro atoms. The molecule has 96 valence electrons. The topological polar surface area (TPSA) is 35.5 Å². The van der Waals surface area contributed by atoms with E-state index >= 15 is 0 Å². The van der Waals surface area contributed by atoms with Crippen molar-refractivity contribution < 1.29 is 14.3 Å². The number of carbonyl (C=O) groups is 1. The molecule has 3 rings (SSSR count). The lowest BCUT2D eigenvalue weighted by atomic mass is 9.92. The third kappa shape index (κ3) is 1.46. The van der Waals surface area contributed by atoms with Gasteiger partial charge in [0.2, 0.25) is 0 Å². The Morgan fingerprint density at radius 2 is 1.61 bits per heavy atom. The zero-order valence-electron chi connectivity index (χ0n) is 11.3. The second-order valence-corrected chi connectivity index (χ2v) is 5.44. The lowest BCUT2D eigenvalue weighted by Gasteiger charge is -2.13. The molecule has 0 radical (unpaired) electrons. The average molecular weight is 246 g/mol. The normalized spacial score (nSPS) is 24.2. The van der Waals surface area contributed by atoms with E-state index in [1.165, 1.54) is 0 Å². The average Bonchev–Trinajstić information content (AvgIpc) is 2.81. The minimum Gasteiger partial charge on any atom is -0.490 e. The lowest BCUT2D eigenvalue weighted by molar-refractivity contribution is 0.101. The molecule has 0 aliphatic carbocycles. The molecule has 3 nitrogen and oxygen atoms in total. The number of ketones is 1. The Balaban J connectivity index is 2.29. The molecule has 18 heavy (non-hydrogen) atoms. The van der Waals surface area contributed by atoms with Crippen LogP contribution in [0.2, 0.25) is 0 Å². The van der Waals surface area contributed by atoms with Gasteiger partial charge in [-0.05, 0) is 33.3 Å². The minimum atomic E-state index is 0.0781. The SMILES string of the molecule is CC(=O)c1c2c(c(C)c3c1OC(C)C3)OC(C)C2. The summed E-state index contributed by atoms with van der Waals surface area (Å²) in [6, 6.07) is 0. The van der Waals surface area contributed by atoms with Gasteiger partial charge in [0.05, 0.1) is 5.56 Å². The molecule has 2 aliphatic rings. The number of rotatable bonds is 1. The Kier molecular flexibility index (Phi) is 2.40. The third-order valence-corrected chi connectivity index (χ3v) is 3.84. The van der Waals surface area contributed by atoms with Gasteiger partial charge in [-0.25, -0.2) is 0 Å². The molecule has 2 atom stereocenters. The van der Waals surface area contributed by atoms with E-state index in [0.29, 0.717) is 0 Å². The smallest absolute Gasteiger partial charge is 0.163 e. The van der Waals surface area contributed by atoms with Gasteiger partial charge in [-0.1, -0.05) is 0 Å². The van der Waals surface area contributed by atoms with Crippen LogP contribution in [-0.2, 0) is 12.8 Å². The molecule has 0 saturated heterocycles. The van der Waals surface area contributed by atoms with Crippen LogP contribution >= 0.6 is 0 Å². The van der Waals surface area contributed by atoms with Crippen molar-refractivity contribution in [2.24, 2.45) is 0 Å². The van der Waals surface area contributed by atoms with E-state index < -0.39 is 0 Å². The maximum absolute atomic E-state index is 12.0. The Bertz CT molecular complexity index is 506. The molecular weight excluding hydrogens is 228 g/mol. The van der Waals surface area contributed by atoms with Crippen molar-refractivity contribution in [2.45, 2.75) is 52.7 Å². The summed E-state index contributed by atoms with van der Waals surface area (Å²) in [4.78, 5) is 12.0. The number of hydrogen-bond donors (Lipinski definition) is 0. The maximum atomic E-state index is 12.0. The van der Waals surface area contributed by atoms with Crippen molar-refractivity contribution in [2.75, 3.05) is 0 Å². The van der Waals surface area contributed by atoms with Gasteiger partial charge < -0.3 is 9.47 Å². The molecule has 2 heterocycles.